The Hall–Kier alpha value is -1.67. The Balaban J connectivity index is 2.03. The molecular formula is C16H15ClINO4. The third-order valence-electron chi connectivity index (χ3n) is 2.93. The Bertz CT molecular complexity index is 691. The van der Waals surface area contributed by atoms with Crippen molar-refractivity contribution in [1.82, 2.24) is 0 Å². The predicted octanol–water partition coefficient (Wildman–Crippen LogP) is 3.98. The number of ether oxygens (including phenoxy) is 3. The van der Waals surface area contributed by atoms with Crippen LogP contribution in [0.5, 0.6) is 17.2 Å². The highest BCUT2D eigenvalue weighted by molar-refractivity contribution is 14.1. The summed E-state index contributed by atoms with van der Waals surface area (Å²) < 4.78 is 16.9. The molecule has 0 aromatic heterocycles. The van der Waals surface area contributed by atoms with E-state index in [-0.39, 0.29) is 12.5 Å². The van der Waals surface area contributed by atoms with E-state index in [4.69, 9.17) is 25.8 Å². The van der Waals surface area contributed by atoms with Gasteiger partial charge in [0, 0.05) is 15.7 Å². The zero-order valence-electron chi connectivity index (χ0n) is 12.6. The molecule has 0 fully saturated rings. The summed E-state index contributed by atoms with van der Waals surface area (Å²) in [6.45, 7) is -0.116. The average Bonchev–Trinajstić information content (AvgIpc) is 2.55. The summed E-state index contributed by atoms with van der Waals surface area (Å²) in [5, 5.41) is 3.12. The third kappa shape index (κ3) is 4.90. The number of halogens is 2. The molecule has 0 bridgehead atoms. The van der Waals surface area contributed by atoms with Crippen LogP contribution in [-0.4, -0.2) is 26.7 Å². The van der Waals surface area contributed by atoms with Gasteiger partial charge in [-0.3, -0.25) is 4.79 Å². The molecule has 0 saturated carbocycles. The Morgan fingerprint density at radius 2 is 1.78 bits per heavy atom. The first kappa shape index (κ1) is 17.7. The zero-order valence-corrected chi connectivity index (χ0v) is 15.5. The van der Waals surface area contributed by atoms with E-state index in [1.54, 1.807) is 24.3 Å². The summed E-state index contributed by atoms with van der Waals surface area (Å²) in [6, 6.07) is 10.6. The second-order valence-electron chi connectivity index (χ2n) is 4.48. The van der Waals surface area contributed by atoms with E-state index in [1.165, 1.54) is 14.2 Å². The third-order valence-corrected chi connectivity index (χ3v) is 3.95. The van der Waals surface area contributed by atoms with Crippen molar-refractivity contribution in [1.29, 1.82) is 0 Å². The SMILES string of the molecule is COc1cc(NC(=O)COc2ccc(I)cc2)c(OC)cc1Cl. The molecule has 7 heteroatoms. The number of nitrogens with one attached hydrogen (secondary N) is 1. The maximum Gasteiger partial charge on any atom is 0.262 e. The molecule has 0 aliphatic heterocycles. The lowest BCUT2D eigenvalue weighted by Crippen LogP contribution is -2.20. The van der Waals surface area contributed by atoms with Crippen molar-refractivity contribution in [2.24, 2.45) is 0 Å². The van der Waals surface area contributed by atoms with Crippen LogP contribution in [0.3, 0.4) is 0 Å². The summed E-state index contributed by atoms with van der Waals surface area (Å²) in [5.41, 5.74) is 0.463. The highest BCUT2D eigenvalue weighted by atomic mass is 127. The number of hydrogen-bond donors (Lipinski definition) is 1. The number of carbonyl (C=O) groups is 1. The molecule has 0 aliphatic rings. The standard InChI is InChI=1S/C16H15ClINO4/c1-21-14-8-13(15(22-2)7-12(14)17)19-16(20)9-23-11-5-3-10(18)4-6-11/h3-8H,9H2,1-2H3,(H,19,20). The molecule has 1 amide bonds. The van der Waals surface area contributed by atoms with E-state index in [0.717, 1.165) is 3.57 Å². The fourth-order valence-electron chi connectivity index (χ4n) is 1.82. The summed E-state index contributed by atoms with van der Waals surface area (Å²) in [7, 11) is 3.00. The Labute approximate surface area is 153 Å². The van der Waals surface area contributed by atoms with Crippen molar-refractivity contribution < 1.29 is 19.0 Å². The molecule has 5 nitrogen and oxygen atoms in total. The minimum atomic E-state index is -0.314. The van der Waals surface area contributed by atoms with Gasteiger partial charge in [-0.2, -0.15) is 0 Å². The number of rotatable bonds is 6. The average molecular weight is 448 g/mol. The Morgan fingerprint density at radius 3 is 2.39 bits per heavy atom. The second-order valence-corrected chi connectivity index (χ2v) is 6.13. The molecule has 0 saturated heterocycles. The number of carbonyl (C=O) groups excluding carboxylic acids is 1. The fraction of sp³-hybridized carbons (Fsp3) is 0.188. The molecular weight excluding hydrogens is 433 g/mol. The van der Waals surface area contributed by atoms with Crippen molar-refractivity contribution in [3.63, 3.8) is 0 Å². The van der Waals surface area contributed by atoms with E-state index in [2.05, 4.69) is 27.9 Å². The van der Waals surface area contributed by atoms with E-state index < -0.39 is 0 Å². The quantitative estimate of drug-likeness (QED) is 0.681. The van der Waals surface area contributed by atoms with Crippen molar-refractivity contribution in [2.45, 2.75) is 0 Å². The van der Waals surface area contributed by atoms with Gasteiger partial charge in [0.15, 0.2) is 6.61 Å². The van der Waals surface area contributed by atoms with E-state index in [9.17, 15) is 4.79 Å². The molecule has 0 unspecified atom stereocenters. The molecule has 2 aromatic carbocycles. The Kier molecular flexibility index (Phi) is 6.35. The summed E-state index contributed by atoms with van der Waals surface area (Å²) in [6.07, 6.45) is 0. The van der Waals surface area contributed by atoms with Crippen molar-refractivity contribution in [3.05, 3.63) is 45.0 Å². The molecule has 1 N–H and O–H groups in total. The molecule has 0 spiro atoms. The zero-order chi connectivity index (χ0) is 16.8. The van der Waals surface area contributed by atoms with Gasteiger partial charge in [-0.25, -0.2) is 0 Å². The van der Waals surface area contributed by atoms with Crippen molar-refractivity contribution in [3.8, 4) is 17.2 Å². The smallest absolute Gasteiger partial charge is 0.262 e. The number of anilines is 1. The van der Waals surface area contributed by atoms with Crippen molar-refractivity contribution >= 4 is 45.8 Å². The second kappa shape index (κ2) is 8.26. The molecule has 2 aromatic rings. The van der Waals surface area contributed by atoms with Gasteiger partial charge < -0.3 is 19.5 Å². The first-order valence-corrected chi connectivity index (χ1v) is 8.09. The predicted molar refractivity (Wildman–Crippen MR) is 97.8 cm³/mol. The van der Waals surface area contributed by atoms with Gasteiger partial charge in [0.25, 0.3) is 5.91 Å². The fourth-order valence-corrected chi connectivity index (χ4v) is 2.41. The largest absolute Gasteiger partial charge is 0.495 e. The lowest BCUT2D eigenvalue weighted by Gasteiger charge is -2.13. The molecule has 0 radical (unpaired) electrons. The van der Waals surface area contributed by atoms with Crippen LogP contribution in [-0.2, 0) is 4.79 Å². The number of hydrogen-bond acceptors (Lipinski definition) is 4. The van der Waals surface area contributed by atoms with Gasteiger partial charge in [-0.05, 0) is 46.9 Å². The Morgan fingerprint density at radius 1 is 1.13 bits per heavy atom. The van der Waals surface area contributed by atoms with Crippen LogP contribution >= 0.6 is 34.2 Å². The minimum Gasteiger partial charge on any atom is -0.495 e. The summed E-state index contributed by atoms with van der Waals surface area (Å²) >= 11 is 8.23. The van der Waals surface area contributed by atoms with Gasteiger partial charge in [-0.15, -0.1) is 0 Å². The van der Waals surface area contributed by atoms with Gasteiger partial charge in [-0.1, -0.05) is 11.6 Å². The molecule has 23 heavy (non-hydrogen) atoms. The van der Waals surface area contributed by atoms with Gasteiger partial charge >= 0.3 is 0 Å². The van der Waals surface area contributed by atoms with Crippen LogP contribution in [0.1, 0.15) is 0 Å². The van der Waals surface area contributed by atoms with E-state index in [0.29, 0.717) is 28.0 Å². The van der Waals surface area contributed by atoms with Crippen LogP contribution in [0.2, 0.25) is 5.02 Å². The van der Waals surface area contributed by atoms with Gasteiger partial charge in [0.2, 0.25) is 0 Å². The van der Waals surface area contributed by atoms with Gasteiger partial charge in [0.05, 0.1) is 24.9 Å². The number of benzene rings is 2. The maximum atomic E-state index is 12.0. The molecule has 122 valence electrons. The molecule has 0 atom stereocenters. The first-order chi connectivity index (χ1) is 11.0. The normalized spacial score (nSPS) is 10.1. The van der Waals surface area contributed by atoms with Crippen LogP contribution in [0, 0.1) is 3.57 Å². The first-order valence-electron chi connectivity index (χ1n) is 6.63. The van der Waals surface area contributed by atoms with Crippen LogP contribution in [0.15, 0.2) is 36.4 Å². The molecule has 0 heterocycles. The van der Waals surface area contributed by atoms with E-state index >= 15 is 0 Å². The highest BCUT2D eigenvalue weighted by Gasteiger charge is 2.13. The van der Waals surface area contributed by atoms with E-state index in [1.807, 2.05) is 12.1 Å². The topological polar surface area (TPSA) is 56.8 Å². The van der Waals surface area contributed by atoms with Crippen LogP contribution in [0.4, 0.5) is 5.69 Å². The van der Waals surface area contributed by atoms with Gasteiger partial charge in [0.1, 0.15) is 17.2 Å². The minimum absolute atomic E-state index is 0.116. The monoisotopic (exact) mass is 447 g/mol. The summed E-state index contributed by atoms with van der Waals surface area (Å²) in [5.74, 6) is 1.20. The number of methoxy groups -OCH3 is 2. The number of amides is 1. The molecule has 0 aliphatic carbocycles. The highest BCUT2D eigenvalue weighted by Crippen LogP contribution is 2.35. The van der Waals surface area contributed by atoms with Crippen LogP contribution < -0.4 is 19.5 Å². The summed E-state index contributed by atoms with van der Waals surface area (Å²) in [4.78, 5) is 12.0. The maximum absolute atomic E-state index is 12.0. The lowest BCUT2D eigenvalue weighted by molar-refractivity contribution is -0.118. The van der Waals surface area contributed by atoms with Crippen molar-refractivity contribution in [2.75, 3.05) is 26.1 Å². The lowest BCUT2D eigenvalue weighted by atomic mass is 10.2. The van der Waals surface area contributed by atoms with Crippen LogP contribution in [0.25, 0.3) is 0 Å². The molecule has 2 rings (SSSR count).